The highest BCUT2D eigenvalue weighted by Gasteiger charge is 2.26. The van der Waals surface area contributed by atoms with E-state index in [2.05, 4.69) is 0 Å². The molecule has 1 heterocycles. The highest BCUT2D eigenvalue weighted by molar-refractivity contribution is 6.33. The van der Waals surface area contributed by atoms with Gasteiger partial charge in [0.1, 0.15) is 17.6 Å². The summed E-state index contributed by atoms with van der Waals surface area (Å²) in [6.45, 7) is 0.499. The molecule has 0 saturated carbocycles. The fourth-order valence-corrected chi connectivity index (χ4v) is 2.77. The van der Waals surface area contributed by atoms with Crippen LogP contribution in [0.5, 0.6) is 11.5 Å². The number of hydrogen-bond acceptors (Lipinski definition) is 3. The van der Waals surface area contributed by atoms with E-state index in [1.54, 1.807) is 7.11 Å². The number of halogens is 1. The van der Waals surface area contributed by atoms with E-state index in [0.717, 1.165) is 34.6 Å². The maximum absolute atomic E-state index is 6.31. The summed E-state index contributed by atoms with van der Waals surface area (Å²) in [6.07, 6.45) is 0.832. The molecule has 0 saturated heterocycles. The van der Waals surface area contributed by atoms with Gasteiger partial charge in [-0.05, 0) is 18.2 Å². The molecule has 0 aromatic heterocycles. The Hall–Kier alpha value is -1.71. The predicted octanol–water partition coefficient (Wildman–Crippen LogP) is 3.28. The quantitative estimate of drug-likeness (QED) is 0.943. The summed E-state index contributed by atoms with van der Waals surface area (Å²) >= 11 is 6.31. The summed E-state index contributed by atoms with van der Waals surface area (Å²) in [5.41, 5.74) is 8.75. The first kappa shape index (κ1) is 13.3. The molecule has 3 nitrogen and oxygen atoms in total. The van der Waals surface area contributed by atoms with Crippen molar-refractivity contribution in [1.29, 1.82) is 0 Å². The van der Waals surface area contributed by atoms with Crippen LogP contribution in [-0.2, 0) is 6.42 Å². The second-order valence-electron chi connectivity index (χ2n) is 4.82. The third kappa shape index (κ3) is 2.23. The minimum Gasteiger partial charge on any atom is -0.497 e. The molecule has 0 unspecified atom stereocenters. The van der Waals surface area contributed by atoms with Gasteiger partial charge in [-0.1, -0.05) is 29.8 Å². The van der Waals surface area contributed by atoms with E-state index in [9.17, 15) is 0 Å². The molecule has 0 fully saturated rings. The second kappa shape index (κ2) is 5.35. The van der Waals surface area contributed by atoms with Gasteiger partial charge in [0.15, 0.2) is 0 Å². The molecule has 104 valence electrons. The average Bonchev–Trinajstić information content (AvgIpc) is 2.90. The Morgan fingerprint density at radius 3 is 2.80 bits per heavy atom. The van der Waals surface area contributed by atoms with Gasteiger partial charge in [0, 0.05) is 34.7 Å². The van der Waals surface area contributed by atoms with Crippen molar-refractivity contribution in [3.8, 4) is 22.6 Å². The highest BCUT2D eigenvalue weighted by atomic mass is 35.5. The van der Waals surface area contributed by atoms with Gasteiger partial charge < -0.3 is 15.2 Å². The van der Waals surface area contributed by atoms with Crippen LogP contribution in [-0.4, -0.2) is 19.8 Å². The van der Waals surface area contributed by atoms with Crippen LogP contribution in [0, 0.1) is 0 Å². The van der Waals surface area contributed by atoms with Gasteiger partial charge in [0.25, 0.3) is 0 Å². The lowest BCUT2D eigenvalue weighted by molar-refractivity contribution is 0.242. The lowest BCUT2D eigenvalue weighted by atomic mass is 10.00. The summed E-state index contributed by atoms with van der Waals surface area (Å²) in [7, 11) is 1.66. The lowest BCUT2D eigenvalue weighted by Crippen LogP contribution is -2.24. The molecule has 1 aliphatic heterocycles. The molecule has 0 bridgehead atoms. The molecule has 3 rings (SSSR count). The van der Waals surface area contributed by atoms with Crippen LogP contribution in [0.25, 0.3) is 11.1 Å². The monoisotopic (exact) mass is 289 g/mol. The first-order chi connectivity index (χ1) is 9.72. The Kier molecular flexibility index (Phi) is 3.55. The van der Waals surface area contributed by atoms with E-state index in [-0.39, 0.29) is 6.10 Å². The van der Waals surface area contributed by atoms with Gasteiger partial charge in [-0.2, -0.15) is 0 Å². The number of rotatable bonds is 3. The molecule has 2 aromatic carbocycles. The van der Waals surface area contributed by atoms with Gasteiger partial charge >= 0.3 is 0 Å². The third-order valence-electron chi connectivity index (χ3n) is 3.53. The van der Waals surface area contributed by atoms with Crippen LogP contribution in [0.1, 0.15) is 5.56 Å². The van der Waals surface area contributed by atoms with E-state index in [1.807, 2.05) is 36.4 Å². The molecule has 4 heteroatoms. The molecule has 0 amide bonds. The molecule has 1 aliphatic rings. The summed E-state index contributed by atoms with van der Waals surface area (Å²) in [5.74, 6) is 1.68. The predicted molar refractivity (Wildman–Crippen MR) is 80.6 cm³/mol. The van der Waals surface area contributed by atoms with E-state index >= 15 is 0 Å². The van der Waals surface area contributed by atoms with Crippen molar-refractivity contribution >= 4 is 11.6 Å². The Balaban J connectivity index is 2.16. The molecular weight excluding hydrogens is 274 g/mol. The van der Waals surface area contributed by atoms with E-state index in [4.69, 9.17) is 26.8 Å². The largest absolute Gasteiger partial charge is 0.497 e. The van der Waals surface area contributed by atoms with Crippen molar-refractivity contribution in [2.24, 2.45) is 5.73 Å². The Morgan fingerprint density at radius 2 is 2.10 bits per heavy atom. The number of ether oxygens (including phenoxy) is 2. The van der Waals surface area contributed by atoms with Gasteiger partial charge in [-0.3, -0.25) is 0 Å². The van der Waals surface area contributed by atoms with Crippen LogP contribution in [0.3, 0.4) is 0 Å². The summed E-state index contributed by atoms with van der Waals surface area (Å²) in [4.78, 5) is 0. The normalized spacial score (nSPS) is 16.6. The van der Waals surface area contributed by atoms with Gasteiger partial charge in [-0.15, -0.1) is 0 Å². The van der Waals surface area contributed by atoms with Crippen molar-refractivity contribution in [2.75, 3.05) is 13.7 Å². The molecule has 2 N–H and O–H groups in total. The number of methoxy groups -OCH3 is 1. The van der Waals surface area contributed by atoms with E-state index in [0.29, 0.717) is 11.6 Å². The summed E-state index contributed by atoms with van der Waals surface area (Å²) in [5, 5.41) is 0.697. The number of nitrogens with two attached hydrogens (primary N) is 1. The highest BCUT2D eigenvalue weighted by Crippen LogP contribution is 2.43. The summed E-state index contributed by atoms with van der Waals surface area (Å²) < 4.78 is 11.3. The van der Waals surface area contributed by atoms with Crippen LogP contribution < -0.4 is 15.2 Å². The minimum absolute atomic E-state index is 0.0262. The Morgan fingerprint density at radius 1 is 1.30 bits per heavy atom. The second-order valence-corrected chi connectivity index (χ2v) is 5.23. The zero-order valence-electron chi connectivity index (χ0n) is 11.2. The van der Waals surface area contributed by atoms with Crippen LogP contribution in [0.4, 0.5) is 0 Å². The zero-order valence-corrected chi connectivity index (χ0v) is 12.0. The van der Waals surface area contributed by atoms with Gasteiger partial charge in [0.2, 0.25) is 0 Å². The molecule has 1 atom stereocenters. The van der Waals surface area contributed by atoms with E-state index in [1.165, 1.54) is 0 Å². The Bertz CT molecular complexity index is 642. The fourth-order valence-electron chi connectivity index (χ4n) is 2.53. The molecule has 0 aliphatic carbocycles. The number of benzene rings is 2. The third-order valence-corrected chi connectivity index (χ3v) is 3.86. The fraction of sp³-hybridized carbons (Fsp3) is 0.250. The van der Waals surface area contributed by atoms with Crippen molar-refractivity contribution in [1.82, 2.24) is 0 Å². The lowest BCUT2D eigenvalue weighted by Gasteiger charge is -2.13. The molecule has 2 aromatic rings. The number of hydrogen-bond donors (Lipinski definition) is 1. The minimum atomic E-state index is 0.0262. The van der Waals surface area contributed by atoms with Crippen molar-refractivity contribution < 1.29 is 9.47 Å². The van der Waals surface area contributed by atoms with Crippen LogP contribution in [0.2, 0.25) is 5.02 Å². The van der Waals surface area contributed by atoms with Crippen molar-refractivity contribution in [2.45, 2.75) is 12.5 Å². The maximum Gasteiger partial charge on any atom is 0.131 e. The van der Waals surface area contributed by atoms with Gasteiger partial charge in [0.05, 0.1) is 7.11 Å². The van der Waals surface area contributed by atoms with Crippen molar-refractivity contribution in [3.05, 3.63) is 47.0 Å². The smallest absolute Gasteiger partial charge is 0.131 e. The standard InChI is InChI=1S/C16H16ClNO2/c1-19-11-6-10-7-12(9-18)20-16(10)14(8-11)13-4-2-3-5-15(13)17/h2-6,8,12H,7,9,18H2,1H3/t12-/m0/s1. The average molecular weight is 290 g/mol. The Labute approximate surface area is 123 Å². The topological polar surface area (TPSA) is 44.5 Å². The molecule has 0 spiro atoms. The van der Waals surface area contributed by atoms with Crippen LogP contribution in [0.15, 0.2) is 36.4 Å². The zero-order chi connectivity index (χ0) is 14.1. The maximum atomic E-state index is 6.31. The molecule has 0 radical (unpaired) electrons. The SMILES string of the molecule is COc1cc2c(c(-c3ccccc3Cl)c1)O[C@H](CN)C2. The van der Waals surface area contributed by atoms with E-state index < -0.39 is 0 Å². The van der Waals surface area contributed by atoms with Crippen LogP contribution >= 0.6 is 11.6 Å². The summed E-state index contributed by atoms with van der Waals surface area (Å²) in [6, 6.07) is 11.7. The van der Waals surface area contributed by atoms with Crippen molar-refractivity contribution in [3.63, 3.8) is 0 Å². The molecular formula is C16H16ClNO2. The first-order valence-electron chi connectivity index (χ1n) is 6.55. The molecule has 20 heavy (non-hydrogen) atoms. The first-order valence-corrected chi connectivity index (χ1v) is 6.93. The van der Waals surface area contributed by atoms with Gasteiger partial charge in [-0.25, -0.2) is 0 Å². The number of fused-ring (bicyclic) bond motifs is 1.